The van der Waals surface area contributed by atoms with E-state index in [1.807, 2.05) is 44.2 Å². The van der Waals surface area contributed by atoms with Crippen molar-refractivity contribution in [2.75, 3.05) is 34.0 Å². The molecule has 0 saturated carbocycles. The van der Waals surface area contributed by atoms with E-state index in [0.29, 0.717) is 30.2 Å². The molecule has 1 amide bonds. The fourth-order valence-corrected chi connectivity index (χ4v) is 2.57. The van der Waals surface area contributed by atoms with Crippen LogP contribution in [-0.4, -0.2) is 45.9 Å². The van der Waals surface area contributed by atoms with Gasteiger partial charge in [0.25, 0.3) is 5.91 Å². The Kier molecular flexibility index (Phi) is 8.33. The Morgan fingerprint density at radius 1 is 0.897 bits per heavy atom. The standard InChI is InChI=1S/C22H27NO6/c1-15-5-7-18(11-16(15)2)28-14-22(25)29-13-21(24)23-10-9-17-6-8-19(26-3)20(12-17)27-4/h5-8,11-12H,9-10,13-14H2,1-4H3,(H,23,24). The molecule has 0 atom stereocenters. The van der Waals surface area contributed by atoms with Crippen molar-refractivity contribution in [3.63, 3.8) is 0 Å². The van der Waals surface area contributed by atoms with Gasteiger partial charge in [-0.25, -0.2) is 4.79 Å². The molecule has 2 aromatic carbocycles. The third-order valence-corrected chi connectivity index (χ3v) is 4.38. The van der Waals surface area contributed by atoms with Crippen molar-refractivity contribution in [1.82, 2.24) is 5.32 Å². The predicted octanol–water partition coefficient (Wildman–Crippen LogP) is 2.60. The molecule has 156 valence electrons. The summed E-state index contributed by atoms with van der Waals surface area (Å²) >= 11 is 0. The summed E-state index contributed by atoms with van der Waals surface area (Å²) in [7, 11) is 3.15. The van der Waals surface area contributed by atoms with Gasteiger partial charge in [-0.2, -0.15) is 0 Å². The van der Waals surface area contributed by atoms with E-state index in [2.05, 4.69) is 5.32 Å². The second-order valence-corrected chi connectivity index (χ2v) is 6.48. The van der Waals surface area contributed by atoms with Crippen LogP contribution in [0.4, 0.5) is 0 Å². The molecule has 7 heteroatoms. The summed E-state index contributed by atoms with van der Waals surface area (Å²) in [4.78, 5) is 23.6. The summed E-state index contributed by atoms with van der Waals surface area (Å²) in [5, 5.41) is 2.71. The van der Waals surface area contributed by atoms with E-state index in [0.717, 1.165) is 16.7 Å². The van der Waals surface area contributed by atoms with Crippen LogP contribution >= 0.6 is 0 Å². The number of amides is 1. The predicted molar refractivity (Wildman–Crippen MR) is 109 cm³/mol. The molecule has 7 nitrogen and oxygen atoms in total. The first-order valence-electron chi connectivity index (χ1n) is 9.26. The third-order valence-electron chi connectivity index (χ3n) is 4.38. The van der Waals surface area contributed by atoms with Crippen molar-refractivity contribution < 1.29 is 28.5 Å². The van der Waals surface area contributed by atoms with Crippen LogP contribution in [0.5, 0.6) is 17.2 Å². The lowest BCUT2D eigenvalue weighted by Crippen LogP contribution is -2.31. The van der Waals surface area contributed by atoms with E-state index in [9.17, 15) is 9.59 Å². The number of aryl methyl sites for hydroxylation is 2. The van der Waals surface area contributed by atoms with Crippen molar-refractivity contribution in [3.05, 3.63) is 53.1 Å². The lowest BCUT2D eigenvalue weighted by molar-refractivity contribution is -0.150. The number of ether oxygens (including phenoxy) is 4. The van der Waals surface area contributed by atoms with Crippen LogP contribution in [0.1, 0.15) is 16.7 Å². The van der Waals surface area contributed by atoms with E-state index in [-0.39, 0.29) is 19.1 Å². The van der Waals surface area contributed by atoms with Gasteiger partial charge >= 0.3 is 5.97 Å². The van der Waals surface area contributed by atoms with E-state index in [4.69, 9.17) is 18.9 Å². The van der Waals surface area contributed by atoms with Gasteiger partial charge in [0.15, 0.2) is 24.7 Å². The number of hydrogen-bond acceptors (Lipinski definition) is 6. The number of rotatable bonds is 10. The Morgan fingerprint density at radius 3 is 2.34 bits per heavy atom. The molecule has 29 heavy (non-hydrogen) atoms. The number of benzene rings is 2. The van der Waals surface area contributed by atoms with Gasteiger partial charge in [-0.3, -0.25) is 4.79 Å². The third kappa shape index (κ3) is 7.03. The highest BCUT2D eigenvalue weighted by molar-refractivity contribution is 5.80. The van der Waals surface area contributed by atoms with Crippen molar-refractivity contribution in [2.24, 2.45) is 0 Å². The summed E-state index contributed by atoms with van der Waals surface area (Å²) < 4.78 is 20.8. The molecule has 0 aliphatic rings. The van der Waals surface area contributed by atoms with Crippen LogP contribution in [0.25, 0.3) is 0 Å². The van der Waals surface area contributed by atoms with Gasteiger partial charge in [0, 0.05) is 6.54 Å². The van der Waals surface area contributed by atoms with Crippen LogP contribution in [0.3, 0.4) is 0 Å². The minimum atomic E-state index is -0.599. The monoisotopic (exact) mass is 401 g/mol. The van der Waals surface area contributed by atoms with Crippen molar-refractivity contribution in [2.45, 2.75) is 20.3 Å². The molecular weight excluding hydrogens is 374 g/mol. The fraction of sp³-hybridized carbons (Fsp3) is 0.364. The molecule has 0 bridgehead atoms. The van der Waals surface area contributed by atoms with E-state index in [1.54, 1.807) is 20.3 Å². The van der Waals surface area contributed by atoms with Gasteiger partial charge < -0.3 is 24.3 Å². The lowest BCUT2D eigenvalue weighted by atomic mass is 10.1. The van der Waals surface area contributed by atoms with E-state index in [1.165, 1.54) is 0 Å². The molecule has 0 fully saturated rings. The Bertz CT molecular complexity index is 849. The minimum absolute atomic E-state index is 0.249. The van der Waals surface area contributed by atoms with E-state index >= 15 is 0 Å². The summed E-state index contributed by atoms with van der Waals surface area (Å²) in [6.07, 6.45) is 0.607. The van der Waals surface area contributed by atoms with Crippen LogP contribution < -0.4 is 19.5 Å². The molecule has 0 aliphatic carbocycles. The second kappa shape index (κ2) is 10.9. The Labute approximate surface area is 170 Å². The number of esters is 1. The van der Waals surface area contributed by atoms with Crippen molar-refractivity contribution >= 4 is 11.9 Å². The fourth-order valence-electron chi connectivity index (χ4n) is 2.57. The van der Waals surface area contributed by atoms with Crippen LogP contribution in [0, 0.1) is 13.8 Å². The summed E-state index contributed by atoms with van der Waals surface area (Å²) in [5.74, 6) is 0.900. The molecule has 0 unspecified atom stereocenters. The smallest absolute Gasteiger partial charge is 0.344 e. The van der Waals surface area contributed by atoms with Crippen molar-refractivity contribution in [1.29, 1.82) is 0 Å². The zero-order valence-corrected chi connectivity index (χ0v) is 17.2. The van der Waals surface area contributed by atoms with Crippen LogP contribution in [0.2, 0.25) is 0 Å². The first-order valence-corrected chi connectivity index (χ1v) is 9.26. The Morgan fingerprint density at radius 2 is 1.66 bits per heavy atom. The molecule has 2 aromatic rings. The first-order chi connectivity index (χ1) is 13.9. The number of methoxy groups -OCH3 is 2. The van der Waals surface area contributed by atoms with Gasteiger partial charge in [-0.05, 0) is 61.2 Å². The highest BCUT2D eigenvalue weighted by atomic mass is 16.6. The zero-order chi connectivity index (χ0) is 21.2. The molecule has 0 heterocycles. The normalized spacial score (nSPS) is 10.2. The van der Waals surface area contributed by atoms with Gasteiger partial charge in [-0.15, -0.1) is 0 Å². The topological polar surface area (TPSA) is 83.1 Å². The average Bonchev–Trinajstić information content (AvgIpc) is 2.72. The van der Waals surface area contributed by atoms with E-state index < -0.39 is 5.97 Å². The SMILES string of the molecule is COc1ccc(CCNC(=O)COC(=O)COc2ccc(C)c(C)c2)cc1OC. The first kappa shape index (κ1) is 22.1. The number of carbonyl (C=O) groups is 2. The maximum absolute atomic E-state index is 11.8. The number of hydrogen-bond donors (Lipinski definition) is 1. The summed E-state index contributed by atoms with van der Waals surface area (Å²) in [6.45, 7) is 3.78. The summed E-state index contributed by atoms with van der Waals surface area (Å²) in [5.41, 5.74) is 3.20. The number of carbonyl (C=O) groups excluding carboxylic acids is 2. The second-order valence-electron chi connectivity index (χ2n) is 6.48. The number of nitrogens with one attached hydrogen (secondary N) is 1. The zero-order valence-electron chi connectivity index (χ0n) is 17.2. The lowest BCUT2D eigenvalue weighted by Gasteiger charge is -2.10. The largest absolute Gasteiger partial charge is 0.493 e. The maximum Gasteiger partial charge on any atom is 0.344 e. The maximum atomic E-state index is 11.8. The van der Waals surface area contributed by atoms with Gasteiger partial charge in [0.1, 0.15) is 5.75 Å². The molecule has 2 rings (SSSR count). The molecule has 0 radical (unpaired) electrons. The molecule has 0 saturated heterocycles. The molecule has 0 spiro atoms. The highest BCUT2D eigenvalue weighted by Gasteiger charge is 2.09. The van der Waals surface area contributed by atoms with Gasteiger partial charge in [-0.1, -0.05) is 12.1 Å². The van der Waals surface area contributed by atoms with Crippen LogP contribution in [-0.2, 0) is 20.7 Å². The average molecular weight is 401 g/mol. The molecular formula is C22H27NO6. The molecule has 0 aliphatic heterocycles. The van der Waals surface area contributed by atoms with Crippen LogP contribution in [0.15, 0.2) is 36.4 Å². The summed E-state index contributed by atoms with van der Waals surface area (Å²) in [6, 6.07) is 11.1. The molecule has 0 aromatic heterocycles. The van der Waals surface area contributed by atoms with Gasteiger partial charge in [0.05, 0.1) is 14.2 Å². The van der Waals surface area contributed by atoms with Gasteiger partial charge in [0.2, 0.25) is 0 Å². The quantitative estimate of drug-likeness (QED) is 0.616. The molecule has 1 N–H and O–H groups in total. The Hall–Kier alpha value is -3.22. The highest BCUT2D eigenvalue weighted by Crippen LogP contribution is 2.27. The Balaban J connectivity index is 1.67. The van der Waals surface area contributed by atoms with Crippen molar-refractivity contribution in [3.8, 4) is 17.2 Å². The minimum Gasteiger partial charge on any atom is -0.493 e.